The third-order valence-electron chi connectivity index (χ3n) is 3.23. The SMILES string of the molecule is CCNC(=NCc1ccc(OC)cc1OC)NCc1noc(C)n1. The van der Waals surface area contributed by atoms with E-state index in [-0.39, 0.29) is 0 Å². The van der Waals surface area contributed by atoms with Gasteiger partial charge in [-0.3, -0.25) is 0 Å². The van der Waals surface area contributed by atoms with E-state index in [9.17, 15) is 0 Å². The summed E-state index contributed by atoms with van der Waals surface area (Å²) >= 11 is 0. The fraction of sp³-hybridized carbons (Fsp3) is 0.438. The normalized spacial score (nSPS) is 11.2. The van der Waals surface area contributed by atoms with E-state index < -0.39 is 0 Å². The Bertz CT molecular complexity index is 684. The van der Waals surface area contributed by atoms with Gasteiger partial charge in [0.25, 0.3) is 0 Å². The second kappa shape index (κ2) is 8.76. The van der Waals surface area contributed by atoms with Gasteiger partial charge in [-0.25, -0.2) is 4.99 Å². The predicted octanol–water partition coefficient (Wildman–Crippen LogP) is 1.65. The van der Waals surface area contributed by atoms with Crippen LogP contribution in [-0.4, -0.2) is 36.9 Å². The minimum absolute atomic E-state index is 0.433. The smallest absolute Gasteiger partial charge is 0.223 e. The highest BCUT2D eigenvalue weighted by atomic mass is 16.5. The molecule has 0 atom stereocenters. The van der Waals surface area contributed by atoms with Gasteiger partial charge in [0.2, 0.25) is 5.89 Å². The summed E-state index contributed by atoms with van der Waals surface area (Å²) in [5.74, 6) is 3.27. The van der Waals surface area contributed by atoms with Gasteiger partial charge in [0.05, 0.1) is 27.3 Å². The molecule has 0 radical (unpaired) electrons. The number of benzene rings is 1. The van der Waals surface area contributed by atoms with E-state index in [1.54, 1.807) is 21.1 Å². The highest BCUT2D eigenvalue weighted by molar-refractivity contribution is 5.79. The van der Waals surface area contributed by atoms with E-state index >= 15 is 0 Å². The third-order valence-corrected chi connectivity index (χ3v) is 3.23. The second-order valence-corrected chi connectivity index (χ2v) is 4.96. The van der Waals surface area contributed by atoms with Gasteiger partial charge in [0.15, 0.2) is 11.8 Å². The number of nitrogens with zero attached hydrogens (tertiary/aromatic N) is 3. The van der Waals surface area contributed by atoms with Crippen molar-refractivity contribution in [3.05, 3.63) is 35.5 Å². The first-order valence-electron chi connectivity index (χ1n) is 7.68. The van der Waals surface area contributed by atoms with Crippen LogP contribution < -0.4 is 20.1 Å². The lowest BCUT2D eigenvalue weighted by Crippen LogP contribution is -2.37. The molecule has 24 heavy (non-hydrogen) atoms. The maximum Gasteiger partial charge on any atom is 0.223 e. The summed E-state index contributed by atoms with van der Waals surface area (Å²) in [5, 5.41) is 10.2. The molecule has 8 nitrogen and oxygen atoms in total. The highest BCUT2D eigenvalue weighted by Gasteiger charge is 2.07. The highest BCUT2D eigenvalue weighted by Crippen LogP contribution is 2.25. The van der Waals surface area contributed by atoms with Crippen LogP contribution in [0.4, 0.5) is 0 Å². The van der Waals surface area contributed by atoms with Crippen LogP contribution in [0.5, 0.6) is 11.5 Å². The molecule has 2 rings (SSSR count). The Kier molecular flexibility index (Phi) is 6.41. The quantitative estimate of drug-likeness (QED) is 0.588. The van der Waals surface area contributed by atoms with Gasteiger partial charge in [0, 0.05) is 25.1 Å². The van der Waals surface area contributed by atoms with Crippen LogP contribution >= 0.6 is 0 Å². The molecule has 8 heteroatoms. The number of aliphatic imine (C=N–C) groups is 1. The van der Waals surface area contributed by atoms with Crippen molar-refractivity contribution in [3.63, 3.8) is 0 Å². The number of hydrogen-bond donors (Lipinski definition) is 2. The van der Waals surface area contributed by atoms with Crippen LogP contribution in [0.15, 0.2) is 27.7 Å². The molecule has 0 amide bonds. The Morgan fingerprint density at radius 1 is 1.25 bits per heavy atom. The number of hydrogen-bond acceptors (Lipinski definition) is 6. The molecule has 0 spiro atoms. The number of aromatic nitrogens is 2. The number of rotatable bonds is 7. The van der Waals surface area contributed by atoms with Crippen LogP contribution in [0.25, 0.3) is 0 Å². The first kappa shape index (κ1) is 17.6. The summed E-state index contributed by atoms with van der Waals surface area (Å²) in [4.78, 5) is 8.71. The summed E-state index contributed by atoms with van der Waals surface area (Å²) in [6.07, 6.45) is 0. The van der Waals surface area contributed by atoms with E-state index in [1.807, 2.05) is 25.1 Å². The minimum atomic E-state index is 0.433. The van der Waals surface area contributed by atoms with Crippen molar-refractivity contribution in [2.75, 3.05) is 20.8 Å². The van der Waals surface area contributed by atoms with Gasteiger partial charge in [0.1, 0.15) is 11.5 Å². The fourth-order valence-corrected chi connectivity index (χ4v) is 2.06. The van der Waals surface area contributed by atoms with E-state index in [2.05, 4.69) is 25.8 Å². The average molecular weight is 333 g/mol. The molecule has 2 aromatic rings. The molecule has 0 saturated heterocycles. The molecule has 0 aliphatic rings. The molecule has 2 N–H and O–H groups in total. The zero-order valence-corrected chi connectivity index (χ0v) is 14.4. The lowest BCUT2D eigenvalue weighted by molar-refractivity contribution is 0.387. The molecule has 1 aromatic heterocycles. The zero-order chi connectivity index (χ0) is 17.4. The topological polar surface area (TPSA) is 93.8 Å². The average Bonchev–Trinajstić information content (AvgIpc) is 3.02. The van der Waals surface area contributed by atoms with E-state index in [0.29, 0.717) is 30.8 Å². The maximum absolute atomic E-state index is 5.39. The Hall–Kier alpha value is -2.77. The molecule has 1 aromatic carbocycles. The molecule has 130 valence electrons. The molecule has 0 saturated carbocycles. The van der Waals surface area contributed by atoms with Crippen LogP contribution in [-0.2, 0) is 13.1 Å². The Labute approximate surface area is 141 Å². The van der Waals surface area contributed by atoms with Gasteiger partial charge in [-0.1, -0.05) is 5.16 Å². The van der Waals surface area contributed by atoms with Gasteiger partial charge in [-0.05, 0) is 19.1 Å². The molecular weight excluding hydrogens is 310 g/mol. The molecule has 0 unspecified atom stereocenters. The Balaban J connectivity index is 2.04. The van der Waals surface area contributed by atoms with Gasteiger partial charge in [-0.15, -0.1) is 0 Å². The van der Waals surface area contributed by atoms with Crippen molar-refractivity contribution < 1.29 is 14.0 Å². The van der Waals surface area contributed by atoms with Crippen molar-refractivity contribution in [2.45, 2.75) is 26.9 Å². The monoisotopic (exact) mass is 333 g/mol. The van der Waals surface area contributed by atoms with Crippen molar-refractivity contribution in [1.82, 2.24) is 20.8 Å². The van der Waals surface area contributed by atoms with Gasteiger partial charge >= 0.3 is 0 Å². The Morgan fingerprint density at radius 2 is 2.08 bits per heavy atom. The molecule has 0 aliphatic heterocycles. The summed E-state index contributed by atoms with van der Waals surface area (Å²) in [6.45, 7) is 5.41. The lowest BCUT2D eigenvalue weighted by atomic mass is 10.2. The summed E-state index contributed by atoms with van der Waals surface area (Å²) in [6, 6.07) is 5.66. The van der Waals surface area contributed by atoms with Crippen molar-refractivity contribution in [1.29, 1.82) is 0 Å². The third kappa shape index (κ3) is 4.87. The number of methoxy groups -OCH3 is 2. The molecular formula is C16H23N5O3. The van der Waals surface area contributed by atoms with E-state index in [1.165, 1.54) is 0 Å². The predicted molar refractivity (Wildman–Crippen MR) is 90.2 cm³/mol. The Morgan fingerprint density at radius 3 is 2.71 bits per heavy atom. The number of guanidine groups is 1. The van der Waals surface area contributed by atoms with Crippen molar-refractivity contribution in [3.8, 4) is 11.5 Å². The number of ether oxygens (including phenoxy) is 2. The first-order valence-corrected chi connectivity index (χ1v) is 7.68. The lowest BCUT2D eigenvalue weighted by Gasteiger charge is -2.11. The van der Waals surface area contributed by atoms with Crippen LogP contribution in [0, 0.1) is 6.92 Å². The number of aryl methyl sites for hydroxylation is 1. The largest absolute Gasteiger partial charge is 0.497 e. The summed E-state index contributed by atoms with van der Waals surface area (Å²) in [5.41, 5.74) is 0.964. The zero-order valence-electron chi connectivity index (χ0n) is 14.4. The maximum atomic E-state index is 5.39. The molecule has 1 heterocycles. The summed E-state index contributed by atoms with van der Waals surface area (Å²) < 4.78 is 15.5. The standard InChI is InChI=1S/C16H23N5O3/c1-5-17-16(19-10-15-20-11(2)24-21-15)18-9-12-6-7-13(22-3)8-14(12)23-4/h6-8H,5,9-10H2,1-4H3,(H2,17,18,19). The van der Waals surface area contributed by atoms with Crippen molar-refractivity contribution in [2.24, 2.45) is 4.99 Å². The van der Waals surface area contributed by atoms with E-state index in [4.69, 9.17) is 14.0 Å². The van der Waals surface area contributed by atoms with Gasteiger partial charge in [-0.2, -0.15) is 4.98 Å². The second-order valence-electron chi connectivity index (χ2n) is 4.96. The molecule has 0 bridgehead atoms. The van der Waals surface area contributed by atoms with Crippen molar-refractivity contribution >= 4 is 5.96 Å². The van der Waals surface area contributed by atoms with Crippen LogP contribution in [0.3, 0.4) is 0 Å². The molecule has 0 aliphatic carbocycles. The number of nitrogens with one attached hydrogen (secondary N) is 2. The van der Waals surface area contributed by atoms with E-state index in [0.717, 1.165) is 23.6 Å². The van der Waals surface area contributed by atoms with Crippen LogP contribution in [0.2, 0.25) is 0 Å². The van der Waals surface area contributed by atoms with Crippen LogP contribution in [0.1, 0.15) is 24.2 Å². The summed E-state index contributed by atoms with van der Waals surface area (Å²) in [7, 11) is 3.25. The minimum Gasteiger partial charge on any atom is -0.497 e. The fourth-order valence-electron chi connectivity index (χ4n) is 2.06. The first-order chi connectivity index (χ1) is 11.7. The van der Waals surface area contributed by atoms with Gasteiger partial charge < -0.3 is 24.6 Å². The molecule has 0 fully saturated rings.